The smallest absolute Gasteiger partial charge is 0.306 e. The molecule has 12 heavy (non-hydrogen) atoms. The fourth-order valence-electron chi connectivity index (χ4n) is 0.663. The number of halogens is 1. The fourth-order valence-corrected chi connectivity index (χ4v) is 2.40. The predicted molar refractivity (Wildman–Crippen MR) is 50.8 cm³/mol. The minimum atomic E-state index is -2.98. The van der Waals surface area contributed by atoms with E-state index in [2.05, 4.69) is 0 Å². The van der Waals surface area contributed by atoms with E-state index in [1.165, 1.54) is 0 Å². The molecule has 0 aromatic carbocycles. The van der Waals surface area contributed by atoms with E-state index >= 15 is 0 Å². The third-order valence-corrected chi connectivity index (χ3v) is 3.95. The second-order valence-corrected chi connectivity index (χ2v) is 5.83. The van der Waals surface area contributed by atoms with Gasteiger partial charge in [-0.3, -0.25) is 9.09 Å². The molecule has 0 N–H and O–H groups in total. The van der Waals surface area contributed by atoms with Crippen LogP contribution in [0.3, 0.4) is 0 Å². The topological polar surface area (TPSA) is 35.5 Å². The number of alkyl halides is 1. The molecule has 0 spiro atoms. The minimum absolute atomic E-state index is 0.0951. The zero-order chi connectivity index (χ0) is 9.78. The van der Waals surface area contributed by atoms with E-state index in [4.69, 9.17) is 20.6 Å². The maximum absolute atomic E-state index is 11.8. The van der Waals surface area contributed by atoms with Gasteiger partial charge in [-0.15, -0.1) is 0 Å². The zero-order valence-corrected chi connectivity index (χ0v) is 9.56. The zero-order valence-electron chi connectivity index (χ0n) is 7.91. The highest BCUT2D eigenvalue weighted by Gasteiger charge is 2.30. The first-order valence-electron chi connectivity index (χ1n) is 3.91. The first-order chi connectivity index (χ1) is 5.42. The summed E-state index contributed by atoms with van der Waals surface area (Å²) in [5.41, 5.74) is -0.154. The van der Waals surface area contributed by atoms with E-state index in [-0.39, 0.29) is 17.8 Å². The van der Waals surface area contributed by atoms with Gasteiger partial charge in [0.25, 0.3) is 0 Å². The van der Waals surface area contributed by atoms with E-state index in [0.717, 1.165) is 0 Å². The van der Waals surface area contributed by atoms with Crippen molar-refractivity contribution in [3.8, 4) is 0 Å². The van der Waals surface area contributed by atoms with E-state index in [1.54, 1.807) is 13.8 Å². The third kappa shape index (κ3) is 3.90. The van der Waals surface area contributed by atoms with Crippen LogP contribution in [-0.2, 0) is 13.6 Å². The normalized spacial score (nSPS) is 16.9. The van der Waals surface area contributed by atoms with Gasteiger partial charge in [-0.1, -0.05) is 25.4 Å². The molecular weight excluding hydrogens is 199 g/mol. The lowest BCUT2D eigenvalue weighted by Gasteiger charge is -2.22. The van der Waals surface area contributed by atoms with Gasteiger partial charge in [0, 0.05) is 0 Å². The Morgan fingerprint density at radius 1 is 1.33 bits per heavy atom. The van der Waals surface area contributed by atoms with Crippen LogP contribution < -0.4 is 0 Å². The van der Waals surface area contributed by atoms with Crippen molar-refractivity contribution in [2.45, 2.75) is 39.5 Å². The molecule has 3 nitrogen and oxygen atoms in total. The van der Waals surface area contributed by atoms with Crippen LogP contribution in [0.25, 0.3) is 0 Å². The summed E-state index contributed by atoms with van der Waals surface area (Å²) in [6.45, 7) is 7.20. The largest absolute Gasteiger partial charge is 0.334 e. The second-order valence-electron chi connectivity index (χ2n) is 3.03. The lowest BCUT2D eigenvalue weighted by Crippen LogP contribution is -2.09. The van der Waals surface area contributed by atoms with Crippen molar-refractivity contribution < 1.29 is 13.6 Å². The molecule has 74 valence electrons. The molecule has 0 aliphatic rings. The van der Waals surface area contributed by atoms with Crippen LogP contribution in [0.15, 0.2) is 0 Å². The molecular formula is C7H16ClO3P. The maximum Gasteiger partial charge on any atom is 0.334 e. The third-order valence-electron chi connectivity index (χ3n) is 1.22. The first kappa shape index (κ1) is 12.4. The van der Waals surface area contributed by atoms with Crippen LogP contribution in [0.4, 0.5) is 0 Å². The number of rotatable bonds is 5. The van der Waals surface area contributed by atoms with Crippen LogP contribution in [-0.4, -0.2) is 17.8 Å². The highest BCUT2D eigenvalue weighted by molar-refractivity contribution is 7.54. The number of hydrogen-bond acceptors (Lipinski definition) is 3. The molecule has 0 saturated heterocycles. The van der Waals surface area contributed by atoms with Crippen LogP contribution in [0, 0.1) is 0 Å². The SMILES string of the molecule is CC(C)OP(=O)(OCCl)C(C)C. The summed E-state index contributed by atoms with van der Waals surface area (Å²) in [5.74, 6) is 0. The summed E-state index contributed by atoms with van der Waals surface area (Å²) in [7, 11) is -2.98. The van der Waals surface area contributed by atoms with Crippen LogP contribution in [0.2, 0.25) is 0 Å². The van der Waals surface area contributed by atoms with Gasteiger partial charge < -0.3 is 4.52 Å². The van der Waals surface area contributed by atoms with Crippen molar-refractivity contribution in [2.24, 2.45) is 0 Å². The Bertz CT molecular complexity index is 170. The highest BCUT2D eigenvalue weighted by Crippen LogP contribution is 2.53. The van der Waals surface area contributed by atoms with E-state index in [1.807, 2.05) is 13.8 Å². The molecule has 0 radical (unpaired) electrons. The summed E-state index contributed by atoms with van der Waals surface area (Å²) >= 11 is 5.34. The Labute approximate surface area is 78.9 Å². The standard InChI is InChI=1S/C7H16ClO3P/c1-6(2)11-12(9,7(3)4)10-5-8/h6-7H,5H2,1-4H3. The summed E-state index contributed by atoms with van der Waals surface area (Å²) in [5, 5.41) is 0. The highest BCUT2D eigenvalue weighted by atomic mass is 35.5. The van der Waals surface area contributed by atoms with Crippen LogP contribution >= 0.6 is 19.2 Å². The van der Waals surface area contributed by atoms with Crippen molar-refractivity contribution >= 4 is 19.2 Å². The van der Waals surface area contributed by atoms with Gasteiger partial charge >= 0.3 is 7.60 Å². The summed E-state index contributed by atoms with van der Waals surface area (Å²) in [6, 6.07) is -0.0951. The van der Waals surface area contributed by atoms with Gasteiger partial charge in [0.05, 0.1) is 11.8 Å². The maximum atomic E-state index is 11.8. The van der Waals surface area contributed by atoms with Crippen molar-refractivity contribution in [3.05, 3.63) is 0 Å². The summed E-state index contributed by atoms with van der Waals surface area (Å²) in [6.07, 6.45) is -0.110. The van der Waals surface area contributed by atoms with Crippen LogP contribution in [0.1, 0.15) is 27.7 Å². The lowest BCUT2D eigenvalue weighted by atomic mass is 10.5. The Balaban J connectivity index is 4.30. The average molecular weight is 215 g/mol. The minimum Gasteiger partial charge on any atom is -0.306 e. The van der Waals surface area contributed by atoms with Gasteiger partial charge in [0.15, 0.2) is 0 Å². The van der Waals surface area contributed by atoms with Crippen molar-refractivity contribution in [3.63, 3.8) is 0 Å². The molecule has 0 fully saturated rings. The van der Waals surface area contributed by atoms with Gasteiger partial charge in [-0.25, -0.2) is 0 Å². The molecule has 1 atom stereocenters. The van der Waals surface area contributed by atoms with Gasteiger partial charge in [0.2, 0.25) is 0 Å². The first-order valence-corrected chi connectivity index (χ1v) is 6.05. The van der Waals surface area contributed by atoms with E-state index in [9.17, 15) is 4.57 Å². The average Bonchev–Trinajstić information content (AvgIpc) is 1.85. The molecule has 0 aromatic heterocycles. The molecule has 0 aromatic rings. The summed E-state index contributed by atoms with van der Waals surface area (Å²) < 4.78 is 21.9. The molecule has 0 rings (SSSR count). The Kier molecular flexibility index (Phi) is 5.42. The fraction of sp³-hybridized carbons (Fsp3) is 1.00. The molecule has 0 heterocycles. The molecule has 0 aliphatic carbocycles. The Morgan fingerprint density at radius 2 is 1.83 bits per heavy atom. The van der Waals surface area contributed by atoms with Gasteiger partial charge in [0.1, 0.15) is 6.07 Å². The monoisotopic (exact) mass is 214 g/mol. The van der Waals surface area contributed by atoms with E-state index < -0.39 is 7.60 Å². The van der Waals surface area contributed by atoms with Crippen LogP contribution in [0.5, 0.6) is 0 Å². The van der Waals surface area contributed by atoms with Gasteiger partial charge in [-0.2, -0.15) is 0 Å². The molecule has 0 aliphatic heterocycles. The lowest BCUT2D eigenvalue weighted by molar-refractivity contribution is 0.178. The summed E-state index contributed by atoms with van der Waals surface area (Å²) in [4.78, 5) is 0. The van der Waals surface area contributed by atoms with Crippen molar-refractivity contribution in [1.82, 2.24) is 0 Å². The molecule has 1 unspecified atom stereocenters. The molecule has 0 saturated carbocycles. The Morgan fingerprint density at radius 3 is 2.08 bits per heavy atom. The second kappa shape index (κ2) is 5.23. The quantitative estimate of drug-likeness (QED) is 0.521. The molecule has 0 amide bonds. The van der Waals surface area contributed by atoms with Crippen molar-refractivity contribution in [2.75, 3.05) is 6.07 Å². The van der Waals surface area contributed by atoms with Crippen molar-refractivity contribution in [1.29, 1.82) is 0 Å². The van der Waals surface area contributed by atoms with Gasteiger partial charge in [-0.05, 0) is 13.8 Å². The Hall–Kier alpha value is 0.440. The molecule has 5 heteroatoms. The van der Waals surface area contributed by atoms with E-state index in [0.29, 0.717) is 0 Å². The molecule has 0 bridgehead atoms. The predicted octanol–water partition coefficient (Wildman–Crippen LogP) is 3.23. The number of hydrogen-bond donors (Lipinski definition) is 0.